The normalized spacial score (nSPS) is 15.2. The molecule has 0 atom stereocenters. The number of hydrogen-bond donors (Lipinski definition) is 0. The van der Waals surface area contributed by atoms with Gasteiger partial charge in [0.05, 0.1) is 5.52 Å². The first-order valence-electron chi connectivity index (χ1n) is 5.70. The van der Waals surface area contributed by atoms with E-state index in [9.17, 15) is 4.79 Å². The van der Waals surface area contributed by atoms with Gasteiger partial charge in [-0.2, -0.15) is 0 Å². The standard InChI is InChI=1S/C14H13NO/c16-14(11-5-6-11)9-12-8-7-10-3-1-2-4-13(10)15-12/h1-4,7-8,11H,5-6,9H2. The predicted octanol–water partition coefficient (Wildman–Crippen LogP) is 2.76. The molecule has 0 radical (unpaired) electrons. The van der Waals surface area contributed by atoms with E-state index in [0.717, 1.165) is 29.4 Å². The number of fused-ring (bicyclic) bond motifs is 1. The second kappa shape index (κ2) is 3.71. The van der Waals surface area contributed by atoms with Gasteiger partial charge >= 0.3 is 0 Å². The van der Waals surface area contributed by atoms with E-state index in [1.54, 1.807) is 0 Å². The summed E-state index contributed by atoms with van der Waals surface area (Å²) in [5.74, 6) is 0.677. The van der Waals surface area contributed by atoms with E-state index in [4.69, 9.17) is 0 Å². The first-order chi connectivity index (χ1) is 7.83. The number of Topliss-reactive ketones (excluding diaryl/α,β-unsaturated/α-hetero) is 1. The van der Waals surface area contributed by atoms with Gasteiger partial charge in [-0.3, -0.25) is 9.78 Å². The largest absolute Gasteiger partial charge is 0.299 e. The van der Waals surface area contributed by atoms with Crippen LogP contribution in [0, 0.1) is 5.92 Å². The highest BCUT2D eigenvalue weighted by molar-refractivity contribution is 5.86. The van der Waals surface area contributed by atoms with Gasteiger partial charge in [-0.15, -0.1) is 0 Å². The summed E-state index contributed by atoms with van der Waals surface area (Å²) in [4.78, 5) is 16.2. The van der Waals surface area contributed by atoms with Gasteiger partial charge in [-0.05, 0) is 25.0 Å². The zero-order chi connectivity index (χ0) is 11.0. The van der Waals surface area contributed by atoms with Crippen molar-refractivity contribution in [1.29, 1.82) is 0 Å². The summed E-state index contributed by atoms with van der Waals surface area (Å²) in [5, 5.41) is 1.13. The molecule has 80 valence electrons. The van der Waals surface area contributed by atoms with E-state index in [2.05, 4.69) is 4.98 Å². The van der Waals surface area contributed by atoms with Crippen molar-refractivity contribution in [2.24, 2.45) is 5.92 Å². The monoisotopic (exact) mass is 211 g/mol. The fourth-order valence-corrected chi connectivity index (χ4v) is 1.93. The number of carbonyl (C=O) groups is 1. The molecule has 16 heavy (non-hydrogen) atoms. The zero-order valence-corrected chi connectivity index (χ0v) is 9.02. The summed E-state index contributed by atoms with van der Waals surface area (Å²) in [6.45, 7) is 0. The highest BCUT2D eigenvalue weighted by atomic mass is 16.1. The van der Waals surface area contributed by atoms with Crippen LogP contribution in [0.2, 0.25) is 0 Å². The van der Waals surface area contributed by atoms with E-state index in [1.165, 1.54) is 0 Å². The predicted molar refractivity (Wildman–Crippen MR) is 63.2 cm³/mol. The molecule has 3 rings (SSSR count). The molecule has 1 aliphatic carbocycles. The van der Waals surface area contributed by atoms with Gasteiger partial charge in [0.25, 0.3) is 0 Å². The van der Waals surface area contributed by atoms with Crippen LogP contribution in [-0.2, 0) is 11.2 Å². The zero-order valence-electron chi connectivity index (χ0n) is 9.02. The van der Waals surface area contributed by atoms with Gasteiger partial charge in [0.15, 0.2) is 0 Å². The lowest BCUT2D eigenvalue weighted by Crippen LogP contribution is -2.06. The molecular formula is C14H13NO. The molecule has 0 saturated heterocycles. The van der Waals surface area contributed by atoms with Crippen molar-refractivity contribution in [2.45, 2.75) is 19.3 Å². The lowest BCUT2D eigenvalue weighted by molar-refractivity contribution is -0.119. The van der Waals surface area contributed by atoms with Gasteiger partial charge in [0.2, 0.25) is 0 Å². The van der Waals surface area contributed by atoms with Crippen LogP contribution in [0.5, 0.6) is 0 Å². The molecule has 1 saturated carbocycles. The maximum atomic E-state index is 11.7. The van der Waals surface area contributed by atoms with Crippen LogP contribution in [0.1, 0.15) is 18.5 Å². The Labute approximate surface area is 94.3 Å². The van der Waals surface area contributed by atoms with Gasteiger partial charge in [0, 0.05) is 23.4 Å². The van der Waals surface area contributed by atoms with Crippen molar-refractivity contribution >= 4 is 16.7 Å². The van der Waals surface area contributed by atoms with E-state index >= 15 is 0 Å². The van der Waals surface area contributed by atoms with E-state index in [1.807, 2.05) is 36.4 Å². The number of para-hydroxylation sites is 1. The van der Waals surface area contributed by atoms with Crippen LogP contribution in [0.25, 0.3) is 10.9 Å². The fraction of sp³-hybridized carbons (Fsp3) is 0.286. The van der Waals surface area contributed by atoms with Crippen molar-refractivity contribution in [1.82, 2.24) is 4.98 Å². The topological polar surface area (TPSA) is 30.0 Å². The highest BCUT2D eigenvalue weighted by Crippen LogP contribution is 2.30. The average molecular weight is 211 g/mol. The number of rotatable bonds is 3. The molecule has 0 amide bonds. The second-order valence-corrected chi connectivity index (χ2v) is 4.41. The molecule has 1 aromatic heterocycles. The summed E-state index contributed by atoms with van der Waals surface area (Å²) in [5.41, 5.74) is 1.87. The maximum absolute atomic E-state index is 11.7. The third-order valence-electron chi connectivity index (χ3n) is 3.04. The van der Waals surface area contributed by atoms with Crippen molar-refractivity contribution < 1.29 is 4.79 Å². The third-order valence-corrected chi connectivity index (χ3v) is 3.04. The molecule has 0 unspecified atom stereocenters. The van der Waals surface area contributed by atoms with Crippen molar-refractivity contribution in [3.05, 3.63) is 42.1 Å². The number of benzene rings is 1. The van der Waals surface area contributed by atoms with Crippen LogP contribution in [0.4, 0.5) is 0 Å². The number of aromatic nitrogens is 1. The smallest absolute Gasteiger partial charge is 0.141 e. The van der Waals surface area contributed by atoms with E-state index < -0.39 is 0 Å². The Morgan fingerprint density at radius 1 is 1.19 bits per heavy atom. The van der Waals surface area contributed by atoms with Crippen LogP contribution in [-0.4, -0.2) is 10.8 Å². The number of ketones is 1. The van der Waals surface area contributed by atoms with Crippen molar-refractivity contribution in [3.63, 3.8) is 0 Å². The molecule has 2 nitrogen and oxygen atoms in total. The minimum absolute atomic E-state index is 0.327. The molecular weight excluding hydrogens is 198 g/mol. The second-order valence-electron chi connectivity index (χ2n) is 4.41. The Bertz CT molecular complexity index is 543. The SMILES string of the molecule is O=C(Cc1ccc2ccccc2n1)C1CC1. The third kappa shape index (κ3) is 1.83. The molecule has 1 fully saturated rings. The Hall–Kier alpha value is -1.70. The molecule has 1 aliphatic rings. The summed E-state index contributed by atoms with van der Waals surface area (Å²) in [6.07, 6.45) is 2.65. The Balaban J connectivity index is 1.89. The summed E-state index contributed by atoms with van der Waals surface area (Å²) < 4.78 is 0. The van der Waals surface area contributed by atoms with Crippen molar-refractivity contribution in [3.8, 4) is 0 Å². The van der Waals surface area contributed by atoms with Gasteiger partial charge < -0.3 is 0 Å². The first-order valence-corrected chi connectivity index (χ1v) is 5.70. The summed E-state index contributed by atoms with van der Waals surface area (Å²) >= 11 is 0. The minimum atomic E-state index is 0.327. The number of pyridine rings is 1. The minimum Gasteiger partial charge on any atom is -0.299 e. The highest BCUT2D eigenvalue weighted by Gasteiger charge is 2.29. The number of nitrogens with zero attached hydrogens (tertiary/aromatic N) is 1. The van der Waals surface area contributed by atoms with Crippen LogP contribution < -0.4 is 0 Å². The molecule has 2 heteroatoms. The summed E-state index contributed by atoms with van der Waals surface area (Å²) in [7, 11) is 0. The Kier molecular flexibility index (Phi) is 2.21. The van der Waals surface area contributed by atoms with E-state index in [0.29, 0.717) is 18.1 Å². The molecule has 2 aromatic rings. The van der Waals surface area contributed by atoms with Gasteiger partial charge in [-0.1, -0.05) is 24.3 Å². The van der Waals surface area contributed by atoms with Gasteiger partial charge in [0.1, 0.15) is 5.78 Å². The Morgan fingerprint density at radius 2 is 2.00 bits per heavy atom. The van der Waals surface area contributed by atoms with Crippen molar-refractivity contribution in [2.75, 3.05) is 0 Å². The first kappa shape index (κ1) is 9.52. The Morgan fingerprint density at radius 3 is 2.81 bits per heavy atom. The molecule has 0 bridgehead atoms. The summed E-state index contributed by atoms with van der Waals surface area (Å²) in [6, 6.07) is 12.0. The van der Waals surface area contributed by atoms with Gasteiger partial charge in [-0.25, -0.2) is 0 Å². The number of carbonyl (C=O) groups excluding carboxylic acids is 1. The van der Waals surface area contributed by atoms with Crippen LogP contribution in [0.3, 0.4) is 0 Å². The van der Waals surface area contributed by atoms with E-state index in [-0.39, 0.29) is 0 Å². The quantitative estimate of drug-likeness (QED) is 0.781. The fourth-order valence-electron chi connectivity index (χ4n) is 1.93. The van der Waals surface area contributed by atoms with Crippen LogP contribution >= 0.6 is 0 Å². The van der Waals surface area contributed by atoms with Crippen LogP contribution in [0.15, 0.2) is 36.4 Å². The molecule has 1 aromatic carbocycles. The lowest BCUT2D eigenvalue weighted by Gasteiger charge is -2.01. The average Bonchev–Trinajstić information content (AvgIpc) is 3.12. The number of hydrogen-bond acceptors (Lipinski definition) is 2. The molecule has 1 heterocycles. The molecule has 0 aliphatic heterocycles. The maximum Gasteiger partial charge on any atom is 0.141 e. The molecule has 0 spiro atoms. The lowest BCUT2D eigenvalue weighted by atomic mass is 10.1. The molecule has 0 N–H and O–H groups in total.